The van der Waals surface area contributed by atoms with Gasteiger partial charge in [0.05, 0.1) is 18.0 Å². The molecule has 112 valence electrons. The van der Waals surface area contributed by atoms with E-state index in [9.17, 15) is 4.79 Å². The first-order valence-corrected chi connectivity index (χ1v) is 7.70. The third-order valence-electron chi connectivity index (χ3n) is 4.08. The Morgan fingerprint density at radius 2 is 1.86 bits per heavy atom. The zero-order valence-corrected chi connectivity index (χ0v) is 13.0. The molecular weight excluding hydrogens is 262 g/mol. The molecule has 0 unspecified atom stereocenters. The van der Waals surface area contributed by atoms with E-state index in [4.69, 9.17) is 4.84 Å². The van der Waals surface area contributed by atoms with Crippen LogP contribution in [-0.2, 0) is 9.63 Å². The van der Waals surface area contributed by atoms with Gasteiger partial charge in [0.25, 0.3) is 0 Å². The van der Waals surface area contributed by atoms with E-state index in [1.807, 2.05) is 44.0 Å². The Labute approximate surface area is 126 Å². The summed E-state index contributed by atoms with van der Waals surface area (Å²) in [5, 5.41) is 1.84. The second-order valence-electron chi connectivity index (χ2n) is 7.08. The molecule has 0 spiro atoms. The second kappa shape index (κ2) is 5.30. The van der Waals surface area contributed by atoms with Gasteiger partial charge in [-0.15, -0.1) is 5.06 Å². The van der Waals surface area contributed by atoms with Crippen LogP contribution in [0.2, 0.25) is 0 Å². The van der Waals surface area contributed by atoms with E-state index in [2.05, 4.69) is 18.2 Å². The number of nitrogens with zero attached hydrogens (tertiary/aromatic N) is 1. The van der Waals surface area contributed by atoms with E-state index in [-0.39, 0.29) is 12.0 Å². The largest absolute Gasteiger partial charge is 0.366 e. The molecule has 0 radical (unpaired) electrons. The minimum Gasteiger partial charge on any atom is -0.366 e. The maximum absolute atomic E-state index is 12.2. The summed E-state index contributed by atoms with van der Waals surface area (Å²) < 4.78 is 0. The molecule has 1 aliphatic carbocycles. The maximum atomic E-state index is 12.2. The summed E-state index contributed by atoms with van der Waals surface area (Å²) in [6.45, 7) is 6.40. The van der Waals surface area contributed by atoms with Crippen molar-refractivity contribution in [1.82, 2.24) is 5.06 Å². The number of hydrogen-bond acceptors (Lipinski definition) is 3. The van der Waals surface area contributed by atoms with Gasteiger partial charge < -0.3 is 4.84 Å². The quantitative estimate of drug-likeness (QED) is 0.789. The molecule has 3 nitrogen and oxygen atoms in total. The number of hydroxylamine groups is 2. The Morgan fingerprint density at radius 3 is 2.43 bits per heavy atom. The molecule has 1 atom stereocenters. The highest BCUT2D eigenvalue weighted by atomic mass is 16.7. The minimum atomic E-state index is -0.483. The predicted molar refractivity (Wildman–Crippen MR) is 82.2 cm³/mol. The van der Waals surface area contributed by atoms with Gasteiger partial charge in [0, 0.05) is 0 Å². The van der Waals surface area contributed by atoms with Crippen molar-refractivity contribution in [1.29, 1.82) is 0 Å². The van der Waals surface area contributed by atoms with Crippen molar-refractivity contribution in [3.63, 3.8) is 0 Å². The van der Waals surface area contributed by atoms with E-state index in [0.29, 0.717) is 5.92 Å². The predicted octanol–water partition coefficient (Wildman–Crippen LogP) is 3.88. The lowest BCUT2D eigenvalue weighted by Crippen LogP contribution is -2.34. The molecule has 1 heterocycles. The van der Waals surface area contributed by atoms with Gasteiger partial charge in [-0.2, -0.15) is 0 Å². The van der Waals surface area contributed by atoms with Crippen molar-refractivity contribution in [3.05, 3.63) is 47.5 Å². The Kier molecular flexibility index (Phi) is 3.62. The molecule has 1 aliphatic heterocycles. The van der Waals surface area contributed by atoms with Gasteiger partial charge in [-0.05, 0) is 45.1 Å². The average Bonchev–Trinajstić information content (AvgIpc) is 3.20. The van der Waals surface area contributed by atoms with Gasteiger partial charge in [-0.3, -0.25) is 0 Å². The molecule has 0 saturated heterocycles. The van der Waals surface area contributed by atoms with Crippen molar-refractivity contribution < 1.29 is 9.63 Å². The van der Waals surface area contributed by atoms with Crippen LogP contribution >= 0.6 is 0 Å². The summed E-state index contributed by atoms with van der Waals surface area (Å²) >= 11 is 0. The first-order valence-electron chi connectivity index (χ1n) is 7.70. The third-order valence-corrected chi connectivity index (χ3v) is 4.08. The maximum Gasteiger partial charge on any atom is 0.330 e. The number of rotatable bonds is 3. The lowest BCUT2D eigenvalue weighted by molar-refractivity contribution is -0.203. The van der Waals surface area contributed by atoms with E-state index < -0.39 is 5.41 Å². The number of carbonyl (C=O) groups is 1. The average molecular weight is 285 g/mol. The molecule has 0 bridgehead atoms. The van der Waals surface area contributed by atoms with Crippen molar-refractivity contribution in [2.75, 3.05) is 6.54 Å². The van der Waals surface area contributed by atoms with Gasteiger partial charge in [0.15, 0.2) is 0 Å². The standard InChI is InChI=1S/C18H23NO2/c1-18(2,3)17(20)21-19-12-15(13-9-10-13)11-16(19)14-7-5-4-6-8-14/h4-8,11,13,16H,9-10,12H2,1-3H3/t16-/m0/s1. The highest BCUT2D eigenvalue weighted by Gasteiger charge is 2.37. The molecule has 0 amide bonds. The van der Waals surface area contributed by atoms with Crippen molar-refractivity contribution in [3.8, 4) is 0 Å². The van der Waals surface area contributed by atoms with Crippen LogP contribution in [0.3, 0.4) is 0 Å². The zero-order valence-electron chi connectivity index (χ0n) is 13.0. The summed E-state index contributed by atoms with van der Waals surface area (Å²) in [7, 11) is 0. The highest BCUT2D eigenvalue weighted by Crippen LogP contribution is 2.43. The fraction of sp³-hybridized carbons (Fsp3) is 0.500. The summed E-state index contributed by atoms with van der Waals surface area (Å²) in [5.41, 5.74) is 2.12. The SMILES string of the molecule is CC(C)(C)C(=O)ON1CC(C2CC2)=C[C@H]1c1ccccc1. The molecule has 2 aliphatic rings. The molecular formula is C18H23NO2. The summed E-state index contributed by atoms with van der Waals surface area (Å²) in [5.74, 6) is 0.531. The fourth-order valence-electron chi connectivity index (χ4n) is 2.58. The van der Waals surface area contributed by atoms with Gasteiger partial charge in [-0.25, -0.2) is 4.79 Å². The topological polar surface area (TPSA) is 29.5 Å². The highest BCUT2D eigenvalue weighted by molar-refractivity contribution is 5.75. The Morgan fingerprint density at radius 1 is 1.19 bits per heavy atom. The normalized spacial score (nSPS) is 23.0. The summed E-state index contributed by atoms with van der Waals surface area (Å²) in [6, 6.07) is 10.3. The van der Waals surface area contributed by atoms with Crippen LogP contribution in [0.1, 0.15) is 45.2 Å². The Bertz CT molecular complexity index is 552. The van der Waals surface area contributed by atoms with Crippen molar-refractivity contribution >= 4 is 5.97 Å². The van der Waals surface area contributed by atoms with Crippen LogP contribution in [0.5, 0.6) is 0 Å². The Balaban J connectivity index is 1.80. The lowest BCUT2D eigenvalue weighted by atomic mass is 9.98. The molecule has 3 rings (SSSR count). The molecule has 0 aromatic heterocycles. The molecule has 1 fully saturated rings. The van der Waals surface area contributed by atoms with Crippen LogP contribution in [-0.4, -0.2) is 17.6 Å². The molecule has 1 aromatic carbocycles. The molecule has 1 aromatic rings. The van der Waals surface area contributed by atoms with Gasteiger partial charge in [-0.1, -0.05) is 42.0 Å². The molecule has 3 heteroatoms. The minimum absolute atomic E-state index is 0.0492. The first kappa shape index (κ1) is 14.3. The Hall–Kier alpha value is -1.61. The van der Waals surface area contributed by atoms with Gasteiger partial charge in [0.2, 0.25) is 0 Å². The van der Waals surface area contributed by atoms with E-state index in [1.165, 1.54) is 24.0 Å². The fourth-order valence-corrected chi connectivity index (χ4v) is 2.58. The number of benzene rings is 1. The van der Waals surface area contributed by atoms with Crippen LogP contribution in [0.25, 0.3) is 0 Å². The van der Waals surface area contributed by atoms with Crippen molar-refractivity contribution in [2.24, 2.45) is 11.3 Å². The van der Waals surface area contributed by atoms with Crippen molar-refractivity contribution in [2.45, 2.75) is 39.7 Å². The molecule has 21 heavy (non-hydrogen) atoms. The number of carbonyl (C=O) groups excluding carboxylic acids is 1. The lowest BCUT2D eigenvalue weighted by Gasteiger charge is -2.27. The smallest absolute Gasteiger partial charge is 0.330 e. The van der Waals surface area contributed by atoms with Crippen LogP contribution in [0.15, 0.2) is 42.0 Å². The molecule has 0 N–H and O–H groups in total. The second-order valence-corrected chi connectivity index (χ2v) is 7.08. The van der Waals surface area contributed by atoms with E-state index in [0.717, 1.165) is 6.54 Å². The van der Waals surface area contributed by atoms with Crippen LogP contribution < -0.4 is 0 Å². The number of hydrogen-bond donors (Lipinski definition) is 0. The molecule has 1 saturated carbocycles. The van der Waals surface area contributed by atoms with E-state index >= 15 is 0 Å². The van der Waals surface area contributed by atoms with E-state index in [1.54, 1.807) is 0 Å². The van der Waals surface area contributed by atoms with Gasteiger partial charge in [0.1, 0.15) is 0 Å². The van der Waals surface area contributed by atoms with Gasteiger partial charge >= 0.3 is 5.97 Å². The van der Waals surface area contributed by atoms with Crippen LogP contribution in [0, 0.1) is 11.3 Å². The summed E-state index contributed by atoms with van der Waals surface area (Å²) in [4.78, 5) is 17.9. The zero-order chi connectivity index (χ0) is 15.0. The third kappa shape index (κ3) is 3.18. The summed E-state index contributed by atoms with van der Waals surface area (Å²) in [6.07, 6.45) is 4.83. The first-order chi connectivity index (χ1) is 9.95. The van der Waals surface area contributed by atoms with Crippen LogP contribution in [0.4, 0.5) is 0 Å². The monoisotopic (exact) mass is 285 g/mol.